The van der Waals surface area contributed by atoms with Gasteiger partial charge in [-0.15, -0.1) is 0 Å². The maximum absolute atomic E-state index is 12.0. The summed E-state index contributed by atoms with van der Waals surface area (Å²) in [6, 6.07) is 7.10. The quantitative estimate of drug-likeness (QED) is 0.916. The lowest BCUT2D eigenvalue weighted by Gasteiger charge is -2.16. The number of furan rings is 1. The van der Waals surface area contributed by atoms with Crippen molar-refractivity contribution in [3.8, 4) is 0 Å². The molecule has 0 fully saturated rings. The minimum atomic E-state index is -0.191. The number of benzene rings is 1. The highest BCUT2D eigenvalue weighted by molar-refractivity contribution is 6.31. The first kappa shape index (κ1) is 13.0. The molecule has 1 heterocycles. The lowest BCUT2D eigenvalue weighted by atomic mass is 10.1. The van der Waals surface area contributed by atoms with E-state index in [0.717, 1.165) is 5.39 Å². The summed E-state index contributed by atoms with van der Waals surface area (Å²) in [7, 11) is 0. The first-order valence-corrected chi connectivity index (χ1v) is 6.35. The fourth-order valence-corrected chi connectivity index (χ4v) is 1.75. The van der Waals surface area contributed by atoms with Gasteiger partial charge in [-0.1, -0.05) is 25.4 Å². The summed E-state index contributed by atoms with van der Waals surface area (Å²) in [5.74, 6) is 0.510. The molecule has 2 aromatic rings. The van der Waals surface area contributed by atoms with Crippen LogP contribution in [0, 0.1) is 5.92 Å². The first-order chi connectivity index (χ1) is 8.47. The fourth-order valence-electron chi connectivity index (χ4n) is 1.57. The number of hydrogen-bond donors (Lipinski definition) is 1. The van der Waals surface area contributed by atoms with Gasteiger partial charge in [-0.3, -0.25) is 4.79 Å². The topological polar surface area (TPSA) is 42.2 Å². The fraction of sp³-hybridized carbons (Fsp3) is 0.357. The van der Waals surface area contributed by atoms with Crippen LogP contribution in [0.15, 0.2) is 28.7 Å². The van der Waals surface area contributed by atoms with E-state index >= 15 is 0 Å². The second-order valence-corrected chi connectivity index (χ2v) is 5.24. The summed E-state index contributed by atoms with van der Waals surface area (Å²) in [4.78, 5) is 12.0. The van der Waals surface area contributed by atoms with Gasteiger partial charge in [-0.25, -0.2) is 0 Å². The molecule has 3 nitrogen and oxygen atoms in total. The predicted molar refractivity (Wildman–Crippen MR) is 73.0 cm³/mol. The van der Waals surface area contributed by atoms with Crippen LogP contribution in [0.25, 0.3) is 11.0 Å². The Morgan fingerprint density at radius 3 is 2.67 bits per heavy atom. The van der Waals surface area contributed by atoms with Gasteiger partial charge >= 0.3 is 0 Å². The zero-order valence-electron chi connectivity index (χ0n) is 10.7. The van der Waals surface area contributed by atoms with E-state index in [1.165, 1.54) is 0 Å². The molecule has 0 saturated heterocycles. The van der Waals surface area contributed by atoms with Crippen molar-refractivity contribution in [2.24, 2.45) is 5.92 Å². The molecule has 0 spiro atoms. The molecule has 1 amide bonds. The second-order valence-electron chi connectivity index (χ2n) is 4.80. The van der Waals surface area contributed by atoms with E-state index in [1.54, 1.807) is 24.3 Å². The Bertz CT molecular complexity index is 574. The predicted octanol–water partition coefficient (Wildman–Crippen LogP) is 3.86. The van der Waals surface area contributed by atoms with Crippen LogP contribution < -0.4 is 5.32 Å². The number of rotatable bonds is 3. The molecule has 0 aliphatic rings. The van der Waals surface area contributed by atoms with Crippen LogP contribution >= 0.6 is 11.6 Å². The van der Waals surface area contributed by atoms with E-state index in [0.29, 0.717) is 22.3 Å². The molecular weight excluding hydrogens is 250 g/mol. The molecule has 1 aromatic heterocycles. The van der Waals surface area contributed by atoms with Gasteiger partial charge < -0.3 is 9.73 Å². The highest BCUT2D eigenvalue weighted by atomic mass is 35.5. The highest BCUT2D eigenvalue weighted by Crippen LogP contribution is 2.23. The second kappa shape index (κ2) is 5.02. The van der Waals surface area contributed by atoms with Crippen LogP contribution in [-0.2, 0) is 0 Å². The molecule has 0 unspecified atom stereocenters. The highest BCUT2D eigenvalue weighted by Gasteiger charge is 2.16. The number of amides is 1. The molecule has 4 heteroatoms. The maximum Gasteiger partial charge on any atom is 0.287 e. The maximum atomic E-state index is 12.0. The third kappa shape index (κ3) is 2.67. The Balaban J connectivity index is 2.23. The van der Waals surface area contributed by atoms with Crippen LogP contribution in [0.4, 0.5) is 0 Å². The third-order valence-electron chi connectivity index (χ3n) is 3.06. The smallest absolute Gasteiger partial charge is 0.287 e. The van der Waals surface area contributed by atoms with E-state index in [1.807, 2.05) is 6.92 Å². The van der Waals surface area contributed by atoms with Gasteiger partial charge in [0, 0.05) is 16.5 Å². The number of halogens is 1. The molecule has 1 N–H and O–H groups in total. The Hall–Kier alpha value is -1.48. The van der Waals surface area contributed by atoms with Crippen LogP contribution in [0.3, 0.4) is 0 Å². The molecule has 0 saturated carbocycles. The summed E-state index contributed by atoms with van der Waals surface area (Å²) in [6.45, 7) is 6.09. The molecule has 0 bridgehead atoms. The lowest BCUT2D eigenvalue weighted by Crippen LogP contribution is -2.35. The summed E-state index contributed by atoms with van der Waals surface area (Å²) in [6.07, 6.45) is 0. The van der Waals surface area contributed by atoms with E-state index in [-0.39, 0.29) is 11.9 Å². The minimum absolute atomic E-state index is 0.106. The van der Waals surface area contributed by atoms with Crippen LogP contribution in [0.5, 0.6) is 0 Å². The molecular formula is C14H16ClNO2. The van der Waals surface area contributed by atoms with Crippen molar-refractivity contribution in [3.05, 3.63) is 35.0 Å². The van der Waals surface area contributed by atoms with Gasteiger partial charge in [0.25, 0.3) is 5.91 Å². The molecule has 1 aromatic carbocycles. The van der Waals surface area contributed by atoms with Gasteiger partial charge in [-0.05, 0) is 37.1 Å². The van der Waals surface area contributed by atoms with Crippen molar-refractivity contribution in [3.63, 3.8) is 0 Å². The number of carbonyl (C=O) groups excluding carboxylic acids is 1. The van der Waals surface area contributed by atoms with Gasteiger partial charge in [-0.2, -0.15) is 0 Å². The van der Waals surface area contributed by atoms with Crippen LogP contribution in [0.2, 0.25) is 5.02 Å². The van der Waals surface area contributed by atoms with Crippen molar-refractivity contribution < 1.29 is 9.21 Å². The Kier molecular flexibility index (Phi) is 3.62. The van der Waals surface area contributed by atoms with Crippen molar-refractivity contribution in [2.75, 3.05) is 0 Å². The van der Waals surface area contributed by atoms with Crippen molar-refractivity contribution in [1.82, 2.24) is 5.32 Å². The van der Waals surface area contributed by atoms with Gasteiger partial charge in [0.15, 0.2) is 5.76 Å². The third-order valence-corrected chi connectivity index (χ3v) is 3.30. The normalized spacial score (nSPS) is 12.9. The van der Waals surface area contributed by atoms with Gasteiger partial charge in [0.1, 0.15) is 5.58 Å². The molecule has 18 heavy (non-hydrogen) atoms. The van der Waals surface area contributed by atoms with Crippen LogP contribution in [-0.4, -0.2) is 11.9 Å². The van der Waals surface area contributed by atoms with Gasteiger partial charge in [0.05, 0.1) is 0 Å². The summed E-state index contributed by atoms with van der Waals surface area (Å²) in [5, 5.41) is 4.37. The van der Waals surface area contributed by atoms with E-state index in [4.69, 9.17) is 16.0 Å². The van der Waals surface area contributed by atoms with Crippen molar-refractivity contribution >= 4 is 28.5 Å². The average Bonchev–Trinajstić information content (AvgIpc) is 2.71. The SMILES string of the molecule is CC(C)[C@@H](C)NC(=O)c1cc2cc(Cl)ccc2o1. The van der Waals surface area contributed by atoms with Crippen LogP contribution in [0.1, 0.15) is 31.3 Å². The monoisotopic (exact) mass is 265 g/mol. The Morgan fingerprint density at radius 1 is 1.28 bits per heavy atom. The zero-order valence-corrected chi connectivity index (χ0v) is 11.4. The van der Waals surface area contributed by atoms with E-state index in [9.17, 15) is 4.79 Å². The molecule has 0 aliphatic carbocycles. The Morgan fingerprint density at radius 2 is 2.00 bits per heavy atom. The summed E-state index contributed by atoms with van der Waals surface area (Å²) in [5.41, 5.74) is 0.668. The minimum Gasteiger partial charge on any atom is -0.451 e. The van der Waals surface area contributed by atoms with E-state index < -0.39 is 0 Å². The zero-order chi connectivity index (χ0) is 13.3. The largest absolute Gasteiger partial charge is 0.451 e. The molecule has 96 valence electrons. The first-order valence-electron chi connectivity index (χ1n) is 5.97. The summed E-state index contributed by atoms with van der Waals surface area (Å²) >= 11 is 5.89. The number of carbonyl (C=O) groups is 1. The molecule has 2 rings (SSSR count). The molecule has 0 aliphatic heterocycles. The van der Waals surface area contributed by atoms with Gasteiger partial charge in [0.2, 0.25) is 0 Å². The van der Waals surface area contributed by atoms with Crippen molar-refractivity contribution in [2.45, 2.75) is 26.8 Å². The molecule has 1 atom stereocenters. The average molecular weight is 266 g/mol. The van der Waals surface area contributed by atoms with E-state index in [2.05, 4.69) is 19.2 Å². The number of nitrogens with one attached hydrogen (secondary N) is 1. The van der Waals surface area contributed by atoms with Crippen molar-refractivity contribution in [1.29, 1.82) is 0 Å². The number of hydrogen-bond acceptors (Lipinski definition) is 2. The Labute approximate surface area is 111 Å². The molecule has 0 radical (unpaired) electrons. The number of fused-ring (bicyclic) bond motifs is 1. The lowest BCUT2D eigenvalue weighted by molar-refractivity contribution is 0.0904. The standard InChI is InChI=1S/C14H16ClNO2/c1-8(2)9(3)16-14(17)13-7-10-6-11(15)4-5-12(10)18-13/h4-9H,1-3H3,(H,16,17)/t9-/m1/s1. The summed E-state index contributed by atoms with van der Waals surface area (Å²) < 4.78 is 5.49.